The molecule has 3 heterocycles. The number of methoxy groups -OCH3 is 2. The maximum atomic E-state index is 12.9. The summed E-state index contributed by atoms with van der Waals surface area (Å²) in [4.78, 5) is 26.8. The van der Waals surface area contributed by atoms with Crippen molar-refractivity contribution < 1.29 is 31.4 Å². The first-order valence-corrected chi connectivity index (χ1v) is 11.7. The van der Waals surface area contributed by atoms with E-state index in [1.165, 1.54) is 17.0 Å². The second kappa shape index (κ2) is 9.28. The summed E-state index contributed by atoms with van der Waals surface area (Å²) in [7, 11) is -5.69. The molecular weight excluding hydrogens is 446 g/mol. The van der Waals surface area contributed by atoms with Crippen LogP contribution < -0.4 is 20.5 Å². The van der Waals surface area contributed by atoms with Gasteiger partial charge in [-0.05, 0) is 62.1 Å². The van der Waals surface area contributed by atoms with Crippen molar-refractivity contribution in [3.8, 4) is 22.8 Å². The Morgan fingerprint density at radius 3 is 2.54 bits per heavy atom. The van der Waals surface area contributed by atoms with Crippen LogP contribution in [0.1, 0.15) is 72.3 Å². The van der Waals surface area contributed by atoms with Crippen LogP contribution in [0.5, 0.6) is 11.5 Å². The van der Waals surface area contributed by atoms with Crippen LogP contribution in [0, 0.1) is 5.92 Å². The molecule has 186 valence electrons. The zero-order valence-corrected chi connectivity index (χ0v) is 19.1. The van der Waals surface area contributed by atoms with E-state index in [9.17, 15) is 9.59 Å². The van der Waals surface area contributed by atoms with E-state index >= 15 is 0 Å². The van der Waals surface area contributed by atoms with Gasteiger partial charge in [0, 0.05) is 30.8 Å². The minimum atomic E-state index is -2.85. The maximum Gasteiger partial charge on any atom is 0.254 e. The Hall–Kier alpha value is -3.49. The summed E-state index contributed by atoms with van der Waals surface area (Å²) >= 11 is 0. The summed E-state index contributed by atoms with van der Waals surface area (Å²) in [6.45, 7) is 0.304. The number of amides is 2. The van der Waals surface area contributed by atoms with Crippen molar-refractivity contribution in [1.82, 2.24) is 14.7 Å². The Balaban J connectivity index is 1.54. The number of ether oxygens (including phenoxy) is 2. The van der Waals surface area contributed by atoms with Gasteiger partial charge in [-0.1, -0.05) is 6.53 Å². The molecule has 2 aromatic rings. The Morgan fingerprint density at radius 1 is 1.23 bits per heavy atom. The molecule has 2 fully saturated rings. The van der Waals surface area contributed by atoms with E-state index in [0.29, 0.717) is 63.1 Å². The van der Waals surface area contributed by atoms with Crippen LogP contribution in [-0.2, 0) is 4.79 Å². The smallest absolute Gasteiger partial charge is 0.254 e. The van der Waals surface area contributed by atoms with Crippen molar-refractivity contribution in [1.29, 1.82) is 0 Å². The fraction of sp³-hybridized carbons (Fsp3) is 0.500. The third kappa shape index (κ3) is 4.13. The SMILES string of the molecule is [2H]C([2H])=C([2H])C(=O)N1CCC(C2CCNc3c(C(N)=O)c(-c4cc(OC([2H])([2H])[2H])c(C5CC5)c(OC([2H])([2H])[2H])c4)nn32)CC1. The van der Waals surface area contributed by atoms with E-state index in [2.05, 4.69) is 5.32 Å². The summed E-state index contributed by atoms with van der Waals surface area (Å²) in [6, 6.07) is 1.98. The monoisotopic (exact) mass is 488 g/mol. The first-order valence-electron chi connectivity index (χ1n) is 16.2. The lowest BCUT2D eigenvalue weighted by Gasteiger charge is -2.38. The highest BCUT2D eigenvalue weighted by atomic mass is 16.5. The van der Waals surface area contributed by atoms with Crippen molar-refractivity contribution in [3.05, 3.63) is 35.8 Å². The van der Waals surface area contributed by atoms with E-state index in [4.69, 9.17) is 32.6 Å². The molecule has 2 aliphatic heterocycles. The quantitative estimate of drug-likeness (QED) is 0.578. The number of primary amides is 1. The van der Waals surface area contributed by atoms with Gasteiger partial charge in [0.05, 0.1) is 32.5 Å². The van der Waals surface area contributed by atoms with Crippen LogP contribution in [0.15, 0.2) is 24.7 Å². The second-order valence-electron chi connectivity index (χ2n) is 9.28. The predicted molar refractivity (Wildman–Crippen MR) is 133 cm³/mol. The van der Waals surface area contributed by atoms with Gasteiger partial charge in [-0.3, -0.25) is 9.59 Å². The Morgan fingerprint density at radius 2 is 1.94 bits per heavy atom. The second-order valence-corrected chi connectivity index (χ2v) is 9.28. The molecule has 0 radical (unpaired) electrons. The number of anilines is 1. The lowest BCUT2D eigenvalue weighted by molar-refractivity contribution is -0.127. The number of rotatable bonds is 7. The van der Waals surface area contributed by atoms with Gasteiger partial charge in [-0.2, -0.15) is 5.10 Å². The zero-order valence-electron chi connectivity index (χ0n) is 28.1. The summed E-state index contributed by atoms with van der Waals surface area (Å²) in [5.41, 5.74) is 6.52. The van der Waals surface area contributed by atoms with Crippen LogP contribution in [0.25, 0.3) is 11.3 Å². The molecule has 9 nitrogen and oxygen atoms in total. The molecule has 5 rings (SSSR count). The van der Waals surface area contributed by atoms with Crippen molar-refractivity contribution in [2.75, 3.05) is 39.0 Å². The van der Waals surface area contributed by atoms with E-state index in [0.717, 1.165) is 0 Å². The van der Waals surface area contributed by atoms with Gasteiger partial charge in [-0.15, -0.1) is 0 Å². The number of likely N-dealkylation sites (tertiary alicyclic amines) is 1. The molecule has 1 saturated heterocycles. The highest BCUT2D eigenvalue weighted by molar-refractivity contribution is 6.04. The topological polar surface area (TPSA) is 112 Å². The highest BCUT2D eigenvalue weighted by Gasteiger charge is 2.37. The van der Waals surface area contributed by atoms with Crippen LogP contribution in [0.3, 0.4) is 0 Å². The van der Waals surface area contributed by atoms with E-state index in [-0.39, 0.29) is 46.2 Å². The number of carbonyl (C=O) groups is 2. The normalized spacial score (nSPS) is 24.4. The summed E-state index contributed by atoms with van der Waals surface area (Å²) in [5, 5.41) is 7.95. The number of hydrogen-bond acceptors (Lipinski definition) is 6. The lowest BCUT2D eigenvalue weighted by atomic mass is 9.87. The van der Waals surface area contributed by atoms with Gasteiger partial charge in [-0.25, -0.2) is 4.68 Å². The zero-order chi connectivity index (χ0) is 32.1. The van der Waals surface area contributed by atoms with Gasteiger partial charge < -0.3 is 25.4 Å². The van der Waals surface area contributed by atoms with Crippen molar-refractivity contribution in [2.24, 2.45) is 11.7 Å². The third-order valence-electron chi connectivity index (χ3n) is 7.26. The molecular formula is C26H33N5O4. The first kappa shape index (κ1) is 14.8. The van der Waals surface area contributed by atoms with Crippen LogP contribution in [-0.4, -0.2) is 60.2 Å². The predicted octanol–water partition coefficient (Wildman–Crippen LogP) is 3.32. The summed E-state index contributed by atoms with van der Waals surface area (Å²) < 4.78 is 80.7. The van der Waals surface area contributed by atoms with Crippen LogP contribution in [0.4, 0.5) is 5.82 Å². The number of fused-ring (bicyclic) bond motifs is 1. The molecule has 0 bridgehead atoms. The number of nitrogens with one attached hydrogen (secondary N) is 1. The van der Waals surface area contributed by atoms with E-state index in [1.54, 1.807) is 4.68 Å². The third-order valence-corrected chi connectivity index (χ3v) is 7.26. The fourth-order valence-electron chi connectivity index (χ4n) is 5.42. The van der Waals surface area contributed by atoms with Gasteiger partial charge in [0.2, 0.25) is 5.91 Å². The average Bonchev–Trinajstić information content (AvgIpc) is 3.67. The van der Waals surface area contributed by atoms with Gasteiger partial charge >= 0.3 is 0 Å². The number of hydrogen-bond donors (Lipinski definition) is 2. The minimum absolute atomic E-state index is 0.0270. The molecule has 1 unspecified atom stereocenters. The molecule has 1 saturated carbocycles. The number of nitrogens with two attached hydrogens (primary N) is 1. The van der Waals surface area contributed by atoms with Gasteiger partial charge in [0.25, 0.3) is 5.91 Å². The highest BCUT2D eigenvalue weighted by Crippen LogP contribution is 2.50. The Kier molecular flexibility index (Phi) is 3.93. The summed E-state index contributed by atoms with van der Waals surface area (Å²) in [6.07, 6.45) is 3.14. The van der Waals surface area contributed by atoms with E-state index < -0.39 is 38.5 Å². The molecule has 1 aromatic heterocycles. The average molecular weight is 489 g/mol. The van der Waals surface area contributed by atoms with Gasteiger partial charge in [0.1, 0.15) is 28.6 Å². The van der Waals surface area contributed by atoms with Crippen molar-refractivity contribution in [3.63, 3.8) is 0 Å². The van der Waals surface area contributed by atoms with E-state index in [1.807, 2.05) is 0 Å². The molecule has 3 aliphatic rings. The van der Waals surface area contributed by atoms with Crippen LogP contribution >= 0.6 is 0 Å². The molecule has 1 atom stereocenters. The van der Waals surface area contributed by atoms with Gasteiger partial charge in [0.15, 0.2) is 0 Å². The largest absolute Gasteiger partial charge is 0.496 e. The number of nitrogens with zero attached hydrogens (tertiary/aromatic N) is 3. The molecule has 2 amide bonds. The fourth-order valence-corrected chi connectivity index (χ4v) is 5.42. The maximum absolute atomic E-state index is 12.9. The minimum Gasteiger partial charge on any atom is -0.496 e. The molecule has 1 aliphatic carbocycles. The standard InChI is InChI=1S/C26H33N5O4/c1-4-21(32)30-11-8-15(9-12-30)18-7-10-28-26-23(25(27)33)24(29-31(18)26)17-13-19(34-2)22(16-5-6-16)20(14-17)35-3/h4,13-16,18,28H,1,5-12H2,2-3H3,(H2,27,33)/i1D2,2D3,3D3,4D. The molecule has 35 heavy (non-hydrogen) atoms. The molecule has 9 heteroatoms. The lowest BCUT2D eigenvalue weighted by Crippen LogP contribution is -2.41. The van der Waals surface area contributed by atoms with Crippen molar-refractivity contribution in [2.45, 2.75) is 44.1 Å². The number of carbonyl (C=O) groups excluding carboxylic acids is 2. The molecule has 1 aromatic carbocycles. The Bertz CT molecular complexity index is 1450. The number of aromatic nitrogens is 2. The molecule has 0 spiro atoms. The van der Waals surface area contributed by atoms with Crippen LogP contribution in [0.2, 0.25) is 0 Å². The number of piperidine rings is 1. The number of benzene rings is 1. The Labute approximate surface area is 217 Å². The first-order chi connectivity index (χ1) is 20.5. The molecule has 3 N–H and O–H groups in total. The van der Waals surface area contributed by atoms with Crippen molar-refractivity contribution >= 4 is 17.6 Å². The summed E-state index contributed by atoms with van der Waals surface area (Å²) in [5.74, 6) is -1.38.